The second-order valence-electron chi connectivity index (χ2n) is 2.76. The molecule has 0 aromatic rings. The minimum Gasteiger partial charge on any atom is -0.481 e. The Labute approximate surface area is 74.4 Å². The van der Waals surface area contributed by atoms with E-state index >= 15 is 0 Å². The first-order chi connectivity index (χ1) is 6.02. The molecule has 0 aliphatic carbocycles. The van der Waals surface area contributed by atoms with Gasteiger partial charge in [0.25, 0.3) is 0 Å². The standard InChI is InChI=1S/C8H9NO4/c1-4-7(12)8(13)5(3-9-4)2-6(10)11/h3,7,12H,2H2,1H3,(H,10,11). The highest BCUT2D eigenvalue weighted by molar-refractivity contribution is 6.16. The van der Waals surface area contributed by atoms with E-state index in [0.29, 0.717) is 5.71 Å². The third kappa shape index (κ3) is 2.00. The minimum absolute atomic E-state index is 0.0330. The van der Waals surface area contributed by atoms with Crippen molar-refractivity contribution in [2.75, 3.05) is 0 Å². The molecule has 0 bridgehead atoms. The molecule has 5 heteroatoms. The van der Waals surface area contributed by atoms with Crippen LogP contribution in [0.15, 0.2) is 16.8 Å². The third-order valence-electron chi connectivity index (χ3n) is 1.73. The second-order valence-corrected chi connectivity index (χ2v) is 2.76. The molecule has 1 heterocycles. The maximum Gasteiger partial charge on any atom is 0.308 e. The fourth-order valence-electron chi connectivity index (χ4n) is 0.975. The van der Waals surface area contributed by atoms with E-state index in [4.69, 9.17) is 5.11 Å². The van der Waals surface area contributed by atoms with E-state index in [2.05, 4.69) is 4.99 Å². The Morgan fingerprint density at radius 3 is 2.85 bits per heavy atom. The average molecular weight is 183 g/mol. The van der Waals surface area contributed by atoms with Crippen molar-refractivity contribution in [3.05, 3.63) is 11.8 Å². The molecule has 1 aliphatic heterocycles. The maximum atomic E-state index is 11.2. The van der Waals surface area contributed by atoms with Crippen LogP contribution in [-0.2, 0) is 9.59 Å². The molecule has 0 aromatic carbocycles. The van der Waals surface area contributed by atoms with Crippen LogP contribution < -0.4 is 0 Å². The van der Waals surface area contributed by atoms with Crippen LogP contribution in [0.1, 0.15) is 13.3 Å². The molecular weight excluding hydrogens is 174 g/mol. The van der Waals surface area contributed by atoms with E-state index < -0.39 is 24.3 Å². The van der Waals surface area contributed by atoms with E-state index in [0.717, 1.165) is 0 Å². The Morgan fingerprint density at radius 2 is 2.31 bits per heavy atom. The number of hydrogen-bond donors (Lipinski definition) is 2. The van der Waals surface area contributed by atoms with Crippen molar-refractivity contribution in [2.24, 2.45) is 4.99 Å². The molecule has 5 nitrogen and oxygen atoms in total. The zero-order valence-corrected chi connectivity index (χ0v) is 7.02. The number of Topliss-reactive ketones (excluding diaryl/α,β-unsaturated/α-hetero) is 1. The number of ketones is 1. The van der Waals surface area contributed by atoms with Gasteiger partial charge in [-0.05, 0) is 6.92 Å². The van der Waals surface area contributed by atoms with Crippen molar-refractivity contribution in [2.45, 2.75) is 19.4 Å². The van der Waals surface area contributed by atoms with E-state index in [-0.39, 0.29) is 5.57 Å². The highest BCUT2D eigenvalue weighted by atomic mass is 16.4. The fraction of sp³-hybridized carbons (Fsp3) is 0.375. The highest BCUT2D eigenvalue weighted by Gasteiger charge is 2.26. The van der Waals surface area contributed by atoms with Gasteiger partial charge in [0.05, 0.1) is 12.1 Å². The summed E-state index contributed by atoms with van der Waals surface area (Å²) in [7, 11) is 0. The molecule has 1 rings (SSSR count). The van der Waals surface area contributed by atoms with Crippen molar-refractivity contribution >= 4 is 17.5 Å². The summed E-state index contributed by atoms with van der Waals surface area (Å²) in [5, 5.41) is 17.6. The number of carboxylic acids is 1. The van der Waals surface area contributed by atoms with Crippen molar-refractivity contribution in [1.82, 2.24) is 0 Å². The van der Waals surface area contributed by atoms with Crippen LogP contribution in [0.25, 0.3) is 0 Å². The van der Waals surface area contributed by atoms with Crippen LogP contribution in [-0.4, -0.2) is 33.8 Å². The van der Waals surface area contributed by atoms with Gasteiger partial charge in [-0.1, -0.05) is 0 Å². The average Bonchev–Trinajstić information content (AvgIpc) is 2.06. The summed E-state index contributed by atoms with van der Waals surface area (Å²) in [4.78, 5) is 25.2. The SMILES string of the molecule is CC1=NC=C(CC(=O)O)C(=O)C1O. The number of nitrogens with zero attached hydrogens (tertiary/aromatic N) is 1. The molecule has 13 heavy (non-hydrogen) atoms. The number of carbonyl (C=O) groups excluding carboxylic acids is 1. The lowest BCUT2D eigenvalue weighted by atomic mass is 9.99. The van der Waals surface area contributed by atoms with E-state index in [9.17, 15) is 14.7 Å². The van der Waals surface area contributed by atoms with Crippen molar-refractivity contribution in [3.63, 3.8) is 0 Å². The number of aliphatic imine (C=N–C) groups is 1. The molecule has 2 N–H and O–H groups in total. The Morgan fingerprint density at radius 1 is 1.69 bits per heavy atom. The van der Waals surface area contributed by atoms with Crippen LogP contribution >= 0.6 is 0 Å². The number of aliphatic carboxylic acids is 1. The lowest BCUT2D eigenvalue weighted by Crippen LogP contribution is -2.32. The zero-order chi connectivity index (χ0) is 10.0. The van der Waals surface area contributed by atoms with Crippen molar-refractivity contribution in [1.29, 1.82) is 0 Å². The van der Waals surface area contributed by atoms with Gasteiger partial charge in [0, 0.05) is 11.8 Å². The summed E-state index contributed by atoms with van der Waals surface area (Å²) in [5.41, 5.74) is 0.324. The predicted octanol–water partition coefficient (Wildman–Crippen LogP) is -0.250. The van der Waals surface area contributed by atoms with Gasteiger partial charge in [-0.2, -0.15) is 0 Å². The van der Waals surface area contributed by atoms with Crippen LogP contribution in [0.2, 0.25) is 0 Å². The Kier molecular flexibility index (Phi) is 2.57. The molecule has 0 radical (unpaired) electrons. The van der Waals surface area contributed by atoms with Gasteiger partial charge in [-0.15, -0.1) is 0 Å². The number of rotatable bonds is 2. The quantitative estimate of drug-likeness (QED) is 0.618. The van der Waals surface area contributed by atoms with Gasteiger partial charge in [0.15, 0.2) is 11.9 Å². The molecule has 0 aromatic heterocycles. The molecule has 1 unspecified atom stereocenters. The van der Waals surface area contributed by atoms with Gasteiger partial charge < -0.3 is 10.2 Å². The largest absolute Gasteiger partial charge is 0.481 e. The first kappa shape index (κ1) is 9.60. The molecule has 1 atom stereocenters. The monoisotopic (exact) mass is 183 g/mol. The summed E-state index contributed by atoms with van der Waals surface area (Å²) >= 11 is 0. The smallest absolute Gasteiger partial charge is 0.308 e. The summed E-state index contributed by atoms with van der Waals surface area (Å²) < 4.78 is 0. The number of carboxylic acid groups (broad SMARTS) is 1. The molecular formula is C8H9NO4. The van der Waals surface area contributed by atoms with Crippen LogP contribution in [0, 0.1) is 0 Å². The molecule has 0 spiro atoms. The fourth-order valence-corrected chi connectivity index (χ4v) is 0.975. The van der Waals surface area contributed by atoms with Crippen LogP contribution in [0.3, 0.4) is 0 Å². The summed E-state index contributed by atoms with van der Waals surface area (Å²) in [6.45, 7) is 1.51. The number of carbonyl (C=O) groups is 2. The van der Waals surface area contributed by atoms with Gasteiger partial charge in [-0.25, -0.2) is 0 Å². The van der Waals surface area contributed by atoms with Gasteiger partial charge in [-0.3, -0.25) is 14.6 Å². The molecule has 0 saturated heterocycles. The van der Waals surface area contributed by atoms with E-state index in [1.54, 1.807) is 0 Å². The second kappa shape index (κ2) is 3.49. The van der Waals surface area contributed by atoms with Gasteiger partial charge >= 0.3 is 5.97 Å². The number of aliphatic hydroxyl groups is 1. The van der Waals surface area contributed by atoms with Crippen molar-refractivity contribution < 1.29 is 19.8 Å². The zero-order valence-electron chi connectivity index (χ0n) is 7.02. The summed E-state index contributed by atoms with van der Waals surface area (Å²) in [6, 6.07) is 0. The first-order valence-corrected chi connectivity index (χ1v) is 3.69. The van der Waals surface area contributed by atoms with E-state index in [1.807, 2.05) is 0 Å². The molecule has 70 valence electrons. The molecule has 0 saturated carbocycles. The Hall–Kier alpha value is -1.49. The number of aliphatic hydroxyl groups excluding tert-OH is 1. The lowest BCUT2D eigenvalue weighted by Gasteiger charge is -2.14. The Balaban J connectivity index is 2.87. The summed E-state index contributed by atoms with van der Waals surface area (Å²) in [6.07, 6.45) is -0.482. The number of hydrogen-bond acceptors (Lipinski definition) is 4. The van der Waals surface area contributed by atoms with Crippen LogP contribution in [0.4, 0.5) is 0 Å². The van der Waals surface area contributed by atoms with Gasteiger partial charge in [0.1, 0.15) is 0 Å². The predicted molar refractivity (Wildman–Crippen MR) is 44.5 cm³/mol. The minimum atomic E-state index is -1.28. The normalized spacial score (nSPS) is 22.3. The first-order valence-electron chi connectivity index (χ1n) is 3.69. The summed E-state index contributed by atoms with van der Waals surface area (Å²) in [5.74, 6) is -1.68. The van der Waals surface area contributed by atoms with Gasteiger partial charge in [0.2, 0.25) is 0 Å². The molecule has 1 aliphatic rings. The Bertz CT molecular complexity index is 316. The molecule has 0 amide bonds. The van der Waals surface area contributed by atoms with Crippen molar-refractivity contribution in [3.8, 4) is 0 Å². The molecule has 0 fully saturated rings. The third-order valence-corrected chi connectivity index (χ3v) is 1.73. The maximum absolute atomic E-state index is 11.2. The topological polar surface area (TPSA) is 87.0 Å². The van der Waals surface area contributed by atoms with Crippen LogP contribution in [0.5, 0.6) is 0 Å². The lowest BCUT2D eigenvalue weighted by molar-refractivity contribution is -0.137. The van der Waals surface area contributed by atoms with E-state index in [1.165, 1.54) is 13.1 Å². The highest BCUT2D eigenvalue weighted by Crippen LogP contribution is 2.12.